The fraction of sp³-hybridized carbons (Fsp3) is 0.333. The van der Waals surface area contributed by atoms with Crippen molar-refractivity contribution in [1.29, 1.82) is 0 Å². The summed E-state index contributed by atoms with van der Waals surface area (Å²) in [5.41, 5.74) is 1.02. The van der Waals surface area contributed by atoms with Gasteiger partial charge in [0.2, 0.25) is 0 Å². The van der Waals surface area contributed by atoms with Gasteiger partial charge in [-0.1, -0.05) is 12.1 Å². The molecule has 1 aliphatic rings. The highest BCUT2D eigenvalue weighted by molar-refractivity contribution is 7.99. The predicted molar refractivity (Wildman–Crippen MR) is 88.5 cm³/mol. The van der Waals surface area contributed by atoms with E-state index < -0.39 is 12.0 Å². The van der Waals surface area contributed by atoms with Crippen LogP contribution in [0.15, 0.2) is 30.5 Å². The minimum atomic E-state index is -0.812. The Kier molecular flexibility index (Phi) is 4.66. The van der Waals surface area contributed by atoms with Gasteiger partial charge in [0.05, 0.1) is 11.5 Å². The zero-order valence-corrected chi connectivity index (χ0v) is 13.6. The summed E-state index contributed by atoms with van der Waals surface area (Å²) in [6.07, 6.45) is 1.83. The molecule has 5 nitrogen and oxygen atoms in total. The third-order valence-electron chi connectivity index (χ3n) is 3.28. The van der Waals surface area contributed by atoms with Crippen LogP contribution in [0.1, 0.15) is 17.3 Å². The van der Waals surface area contributed by atoms with Crippen molar-refractivity contribution in [3.05, 3.63) is 35.5 Å². The molecule has 0 spiro atoms. The zero-order chi connectivity index (χ0) is 15.5. The Balaban J connectivity index is 1.81. The maximum atomic E-state index is 11.0. The first-order valence-corrected chi connectivity index (χ1v) is 8.84. The van der Waals surface area contributed by atoms with E-state index in [1.807, 2.05) is 37.4 Å². The Morgan fingerprint density at radius 1 is 1.50 bits per heavy atom. The highest BCUT2D eigenvalue weighted by Gasteiger charge is 2.32. The number of ether oxygens (including phenoxy) is 1. The third kappa shape index (κ3) is 3.11. The molecular weight excluding hydrogens is 320 g/mol. The summed E-state index contributed by atoms with van der Waals surface area (Å²) in [6.45, 7) is 2.57. The quantitative estimate of drug-likeness (QED) is 0.874. The lowest BCUT2D eigenvalue weighted by molar-refractivity contribution is -0.138. The number of aromatic nitrogens is 1. The number of carboxylic acids is 1. The van der Waals surface area contributed by atoms with Crippen LogP contribution in [0.5, 0.6) is 5.75 Å². The molecule has 1 aromatic heterocycles. The summed E-state index contributed by atoms with van der Waals surface area (Å²) in [7, 11) is 0. The maximum absolute atomic E-state index is 11.0. The van der Waals surface area contributed by atoms with Gasteiger partial charge in [0.1, 0.15) is 22.2 Å². The van der Waals surface area contributed by atoms with Crippen LogP contribution in [-0.2, 0) is 4.79 Å². The monoisotopic (exact) mass is 336 g/mol. The first-order chi connectivity index (χ1) is 10.7. The average Bonchev–Trinajstić information content (AvgIpc) is 3.17. The molecule has 1 aliphatic heterocycles. The van der Waals surface area contributed by atoms with E-state index in [4.69, 9.17) is 9.84 Å². The van der Waals surface area contributed by atoms with E-state index in [2.05, 4.69) is 10.3 Å². The number of thioether (sulfide) groups is 1. The minimum Gasteiger partial charge on any atom is -0.493 e. The first kappa shape index (κ1) is 15.3. The van der Waals surface area contributed by atoms with E-state index in [-0.39, 0.29) is 5.37 Å². The van der Waals surface area contributed by atoms with E-state index in [1.165, 1.54) is 0 Å². The van der Waals surface area contributed by atoms with Crippen molar-refractivity contribution in [2.24, 2.45) is 0 Å². The first-order valence-electron chi connectivity index (χ1n) is 6.97. The van der Waals surface area contributed by atoms with Crippen LogP contribution in [0.25, 0.3) is 10.4 Å². The highest BCUT2D eigenvalue weighted by atomic mass is 32.2. The fourth-order valence-corrected chi connectivity index (χ4v) is 4.57. The van der Waals surface area contributed by atoms with E-state index in [1.54, 1.807) is 23.1 Å². The van der Waals surface area contributed by atoms with Crippen LogP contribution < -0.4 is 10.1 Å². The van der Waals surface area contributed by atoms with Crippen LogP contribution in [0.2, 0.25) is 0 Å². The van der Waals surface area contributed by atoms with Gasteiger partial charge in [-0.25, -0.2) is 4.98 Å². The predicted octanol–water partition coefficient (Wildman–Crippen LogP) is 3.00. The molecule has 1 saturated heterocycles. The SMILES string of the molecule is CCOc1ccccc1-c1cnc(C2NC(C(=O)O)CS2)s1. The molecule has 2 unspecified atom stereocenters. The lowest BCUT2D eigenvalue weighted by Gasteiger charge is -2.08. The summed E-state index contributed by atoms with van der Waals surface area (Å²) >= 11 is 3.15. The fourth-order valence-electron chi connectivity index (χ4n) is 2.24. The summed E-state index contributed by atoms with van der Waals surface area (Å²) in [5, 5.41) is 13.0. The van der Waals surface area contributed by atoms with Crippen LogP contribution in [-0.4, -0.2) is 34.5 Å². The Morgan fingerprint density at radius 3 is 3.05 bits per heavy atom. The van der Waals surface area contributed by atoms with E-state index in [0.717, 1.165) is 21.2 Å². The number of rotatable bonds is 5. The normalized spacial score (nSPS) is 21.0. The van der Waals surface area contributed by atoms with Crippen molar-refractivity contribution in [2.75, 3.05) is 12.4 Å². The van der Waals surface area contributed by atoms with Gasteiger partial charge in [-0.05, 0) is 19.1 Å². The molecule has 1 fully saturated rings. The largest absolute Gasteiger partial charge is 0.493 e. The maximum Gasteiger partial charge on any atom is 0.321 e. The van der Waals surface area contributed by atoms with Crippen LogP contribution in [0.3, 0.4) is 0 Å². The number of hydrogen-bond acceptors (Lipinski definition) is 6. The van der Waals surface area contributed by atoms with E-state index in [9.17, 15) is 4.79 Å². The van der Waals surface area contributed by atoms with Gasteiger partial charge in [-0.2, -0.15) is 0 Å². The number of aliphatic carboxylic acids is 1. The molecule has 1 aromatic carbocycles. The standard InChI is InChI=1S/C15H16N2O3S2/c1-2-20-11-6-4-3-5-9(11)12-7-16-13(22-12)14-17-10(8-21-14)15(18)19/h3-7,10,14,17H,2,8H2,1H3,(H,18,19). The highest BCUT2D eigenvalue weighted by Crippen LogP contribution is 2.39. The van der Waals surface area contributed by atoms with Crippen molar-refractivity contribution in [3.63, 3.8) is 0 Å². The number of benzene rings is 1. The summed E-state index contributed by atoms with van der Waals surface area (Å²) < 4.78 is 5.66. The second kappa shape index (κ2) is 6.68. The molecule has 0 aliphatic carbocycles. The molecule has 2 heterocycles. The van der Waals surface area contributed by atoms with Gasteiger partial charge >= 0.3 is 5.97 Å². The molecule has 2 aromatic rings. The van der Waals surface area contributed by atoms with Crippen LogP contribution in [0, 0.1) is 0 Å². The van der Waals surface area contributed by atoms with Gasteiger partial charge in [0, 0.05) is 17.5 Å². The Bertz CT molecular complexity index is 674. The molecule has 2 N–H and O–H groups in total. The Labute approximate surface area is 136 Å². The molecule has 7 heteroatoms. The summed E-state index contributed by atoms with van der Waals surface area (Å²) in [4.78, 5) is 16.5. The molecule has 22 heavy (non-hydrogen) atoms. The van der Waals surface area contributed by atoms with Crippen LogP contribution in [0.4, 0.5) is 0 Å². The summed E-state index contributed by atoms with van der Waals surface area (Å²) in [5.74, 6) is 0.592. The minimum absolute atomic E-state index is 0.0564. The number of carboxylic acid groups (broad SMARTS) is 1. The van der Waals surface area contributed by atoms with Crippen molar-refractivity contribution in [3.8, 4) is 16.2 Å². The zero-order valence-electron chi connectivity index (χ0n) is 12.0. The molecule has 2 atom stereocenters. The molecular formula is C15H16N2O3S2. The average molecular weight is 336 g/mol. The van der Waals surface area contributed by atoms with Gasteiger partial charge in [-0.3, -0.25) is 10.1 Å². The van der Waals surface area contributed by atoms with Crippen LogP contribution >= 0.6 is 23.1 Å². The molecule has 0 saturated carbocycles. The van der Waals surface area contributed by atoms with E-state index >= 15 is 0 Å². The molecule has 3 rings (SSSR count). The Morgan fingerprint density at radius 2 is 2.32 bits per heavy atom. The van der Waals surface area contributed by atoms with E-state index in [0.29, 0.717) is 12.4 Å². The molecule has 0 amide bonds. The lowest BCUT2D eigenvalue weighted by Crippen LogP contribution is -2.33. The topological polar surface area (TPSA) is 71.5 Å². The Hall–Kier alpha value is -1.57. The van der Waals surface area contributed by atoms with Gasteiger partial charge in [-0.15, -0.1) is 23.1 Å². The smallest absolute Gasteiger partial charge is 0.321 e. The van der Waals surface area contributed by atoms with Crippen molar-refractivity contribution >= 4 is 29.1 Å². The van der Waals surface area contributed by atoms with Gasteiger partial charge in [0.15, 0.2) is 0 Å². The number of thiazole rings is 1. The van der Waals surface area contributed by atoms with Gasteiger partial charge in [0.25, 0.3) is 0 Å². The second-order valence-corrected chi connectivity index (χ2v) is 6.96. The van der Waals surface area contributed by atoms with Gasteiger partial charge < -0.3 is 9.84 Å². The molecule has 0 radical (unpaired) electrons. The number of hydrogen-bond donors (Lipinski definition) is 2. The summed E-state index contributed by atoms with van der Waals surface area (Å²) in [6, 6.07) is 7.37. The third-order valence-corrected chi connectivity index (χ3v) is 5.74. The second-order valence-electron chi connectivity index (χ2n) is 4.76. The number of carbonyl (C=O) groups is 1. The number of nitrogens with zero attached hydrogens (tertiary/aromatic N) is 1. The van der Waals surface area contributed by atoms with Crippen molar-refractivity contribution in [1.82, 2.24) is 10.3 Å². The molecule has 0 bridgehead atoms. The lowest BCUT2D eigenvalue weighted by atomic mass is 10.2. The van der Waals surface area contributed by atoms with Crippen molar-refractivity contribution in [2.45, 2.75) is 18.3 Å². The number of nitrogens with one attached hydrogen (secondary N) is 1. The van der Waals surface area contributed by atoms with Crippen molar-refractivity contribution < 1.29 is 14.6 Å². The number of para-hydroxylation sites is 1. The molecule has 116 valence electrons.